The fourth-order valence-electron chi connectivity index (χ4n) is 5.80. The number of nitrogens with two attached hydrogens (primary N) is 1. The molecule has 0 spiro atoms. The molecule has 2 saturated heterocycles. The Kier molecular flexibility index (Phi) is 9.68. The smallest absolute Gasteiger partial charge is 0.416 e. The molecule has 2 unspecified atom stereocenters. The molecule has 2 aliphatic rings. The van der Waals surface area contributed by atoms with Gasteiger partial charge in [-0.3, -0.25) is 4.90 Å². The Hall–Kier alpha value is -4.25. The van der Waals surface area contributed by atoms with E-state index in [1.165, 1.54) is 13.0 Å². The van der Waals surface area contributed by atoms with Gasteiger partial charge in [-0.1, -0.05) is 5.10 Å². The number of alkyl halides is 9. The molecule has 2 aliphatic heterocycles. The summed E-state index contributed by atoms with van der Waals surface area (Å²) in [5.74, 6) is 0.0472. The third kappa shape index (κ3) is 7.41. The van der Waals surface area contributed by atoms with Crippen molar-refractivity contribution in [3.63, 3.8) is 0 Å². The van der Waals surface area contributed by atoms with Gasteiger partial charge in [-0.05, 0) is 79.4 Å². The van der Waals surface area contributed by atoms with Crippen LogP contribution in [0.4, 0.5) is 50.0 Å². The van der Waals surface area contributed by atoms with Gasteiger partial charge in [-0.15, -0.1) is 0 Å². The number of rotatable bonds is 7. The van der Waals surface area contributed by atoms with Gasteiger partial charge >= 0.3 is 24.6 Å². The molecule has 9 nitrogen and oxygen atoms in total. The van der Waals surface area contributed by atoms with Gasteiger partial charge in [0.2, 0.25) is 5.96 Å². The SMILES string of the molecule is CCN(c1ccc(C(F)(F)F)cc1CN1C(=O)OC(c2cc(C(F)(F)F)cc(C(F)(F)F)c2)C1C)C1CCN(C(N)=NN=N)CC1. The predicted molar refractivity (Wildman–Crippen MR) is 147 cm³/mol. The average Bonchev–Trinajstić information content (AvgIpc) is 3.25. The van der Waals surface area contributed by atoms with Crippen LogP contribution in [-0.2, 0) is 29.8 Å². The summed E-state index contributed by atoms with van der Waals surface area (Å²) in [4.78, 5) is 17.5. The fraction of sp³-hybridized carbons (Fsp3) is 0.500. The Morgan fingerprint density at radius 1 is 0.957 bits per heavy atom. The molecule has 0 radical (unpaired) electrons. The third-order valence-corrected chi connectivity index (χ3v) is 8.11. The molecule has 3 N–H and O–H groups in total. The van der Waals surface area contributed by atoms with Crippen LogP contribution in [0.5, 0.6) is 0 Å². The molecule has 0 saturated carbocycles. The number of amides is 1. The molecule has 4 rings (SSSR count). The van der Waals surface area contributed by atoms with Crippen molar-refractivity contribution in [3.8, 4) is 0 Å². The van der Waals surface area contributed by atoms with E-state index in [2.05, 4.69) is 10.3 Å². The van der Waals surface area contributed by atoms with Crippen molar-refractivity contribution in [3.05, 3.63) is 64.2 Å². The van der Waals surface area contributed by atoms with E-state index in [4.69, 9.17) is 16.0 Å². The lowest BCUT2D eigenvalue weighted by molar-refractivity contribution is -0.143. The Labute approximate surface area is 257 Å². The summed E-state index contributed by atoms with van der Waals surface area (Å²) in [7, 11) is 0. The maximum absolute atomic E-state index is 13.8. The summed E-state index contributed by atoms with van der Waals surface area (Å²) in [5, 5.41) is 6.42. The normalized spacial score (nSPS) is 20.2. The zero-order valence-electron chi connectivity index (χ0n) is 24.5. The summed E-state index contributed by atoms with van der Waals surface area (Å²) in [6.07, 6.45) is -16.7. The number of piperidine rings is 1. The number of halogens is 9. The van der Waals surface area contributed by atoms with Crippen LogP contribution in [0.1, 0.15) is 60.6 Å². The highest BCUT2D eigenvalue weighted by atomic mass is 19.4. The van der Waals surface area contributed by atoms with Gasteiger partial charge < -0.3 is 20.3 Å². The Morgan fingerprint density at radius 2 is 1.52 bits per heavy atom. The standard InChI is InChI=1S/C28H30F9N7O2/c1-3-43(21-6-8-42(9-7-21)24(38)40-41-39)22-5-4-18(26(29,30)31)12-17(22)14-44-15(2)23(46-25(44)45)16-10-19(27(32,33)34)13-20(11-16)28(35,36)37/h4-5,10-13,15,21,23H,3,6-9,14H2,1-2H3,(H3,38,39,40). The molecule has 2 aromatic rings. The third-order valence-electron chi connectivity index (χ3n) is 8.11. The van der Waals surface area contributed by atoms with Crippen LogP contribution >= 0.6 is 0 Å². The lowest BCUT2D eigenvalue weighted by Gasteiger charge is -2.40. The first kappa shape index (κ1) is 34.6. The van der Waals surface area contributed by atoms with Crippen LogP contribution in [-0.4, -0.2) is 53.6 Å². The summed E-state index contributed by atoms with van der Waals surface area (Å²) >= 11 is 0. The van der Waals surface area contributed by atoms with Gasteiger partial charge in [0.1, 0.15) is 6.10 Å². The van der Waals surface area contributed by atoms with Crippen LogP contribution in [0.15, 0.2) is 46.7 Å². The fourth-order valence-corrected chi connectivity index (χ4v) is 5.80. The molecule has 0 aromatic heterocycles. The number of hydrogen-bond donors (Lipinski definition) is 2. The summed E-state index contributed by atoms with van der Waals surface area (Å²) in [6, 6.07) is 2.58. The highest BCUT2D eigenvalue weighted by Crippen LogP contribution is 2.42. The molecule has 0 aliphatic carbocycles. The number of guanidine groups is 1. The van der Waals surface area contributed by atoms with Gasteiger partial charge in [0.05, 0.1) is 29.3 Å². The van der Waals surface area contributed by atoms with Crippen LogP contribution < -0.4 is 10.6 Å². The van der Waals surface area contributed by atoms with Crippen LogP contribution in [0.25, 0.3) is 0 Å². The van der Waals surface area contributed by atoms with Gasteiger partial charge in [0, 0.05) is 31.4 Å². The molecular formula is C28H30F9N7O2. The number of benzene rings is 2. The number of anilines is 1. The van der Waals surface area contributed by atoms with Crippen LogP contribution in [0, 0.1) is 5.53 Å². The van der Waals surface area contributed by atoms with Crippen molar-refractivity contribution < 1.29 is 49.0 Å². The second-order valence-corrected chi connectivity index (χ2v) is 10.9. The number of cyclic esters (lactones) is 1. The van der Waals surface area contributed by atoms with Gasteiger partial charge in [0.15, 0.2) is 0 Å². The predicted octanol–water partition coefficient (Wildman–Crippen LogP) is 7.38. The van der Waals surface area contributed by atoms with Crippen molar-refractivity contribution in [2.45, 2.75) is 70.0 Å². The van der Waals surface area contributed by atoms with Crippen LogP contribution in [0.3, 0.4) is 0 Å². The van der Waals surface area contributed by atoms with Gasteiger partial charge in [-0.2, -0.15) is 45.0 Å². The number of carbonyl (C=O) groups excluding carboxylic acids is 1. The highest BCUT2D eigenvalue weighted by Gasteiger charge is 2.44. The monoisotopic (exact) mass is 667 g/mol. The number of hydrogen-bond acceptors (Lipinski definition) is 5. The topological polar surface area (TPSA) is 111 Å². The Bertz CT molecular complexity index is 1440. The number of likely N-dealkylation sites (tertiary alicyclic amines) is 1. The number of carbonyl (C=O) groups is 1. The lowest BCUT2D eigenvalue weighted by Crippen LogP contribution is -2.49. The first-order valence-electron chi connectivity index (χ1n) is 14.0. The van der Waals surface area contributed by atoms with Crippen molar-refractivity contribution in [2.75, 3.05) is 24.5 Å². The van der Waals surface area contributed by atoms with E-state index < -0.39 is 65.6 Å². The zero-order chi connectivity index (χ0) is 34.2. The molecule has 2 aromatic carbocycles. The second kappa shape index (κ2) is 12.9. The maximum Gasteiger partial charge on any atom is 0.416 e. The van der Waals surface area contributed by atoms with E-state index in [0.717, 1.165) is 17.0 Å². The Morgan fingerprint density at radius 3 is 2.02 bits per heavy atom. The van der Waals surface area contributed by atoms with E-state index in [1.807, 2.05) is 4.90 Å². The zero-order valence-corrected chi connectivity index (χ0v) is 24.5. The van der Waals surface area contributed by atoms with Crippen molar-refractivity contribution in [1.82, 2.24) is 9.80 Å². The molecule has 0 bridgehead atoms. The maximum atomic E-state index is 13.8. The Balaban J connectivity index is 1.67. The second-order valence-electron chi connectivity index (χ2n) is 10.9. The minimum Gasteiger partial charge on any atom is -0.439 e. The molecule has 252 valence electrons. The minimum absolute atomic E-state index is 0.0472. The van der Waals surface area contributed by atoms with Gasteiger partial charge in [0.25, 0.3) is 0 Å². The average molecular weight is 668 g/mol. The first-order valence-corrected chi connectivity index (χ1v) is 14.0. The quantitative estimate of drug-likeness (QED) is 0.105. The van der Waals surface area contributed by atoms with E-state index in [-0.39, 0.29) is 23.6 Å². The molecule has 2 heterocycles. The summed E-state index contributed by atoms with van der Waals surface area (Å²) in [6.45, 7) is 3.82. The highest BCUT2D eigenvalue weighted by molar-refractivity contribution is 5.78. The number of nitrogens with zero attached hydrogens (tertiary/aromatic N) is 5. The van der Waals surface area contributed by atoms with Crippen molar-refractivity contribution in [1.29, 1.82) is 5.53 Å². The van der Waals surface area contributed by atoms with Crippen molar-refractivity contribution >= 4 is 17.7 Å². The van der Waals surface area contributed by atoms with E-state index in [9.17, 15) is 44.3 Å². The molecular weight excluding hydrogens is 637 g/mol. The number of ether oxygens (including phenoxy) is 1. The first-order chi connectivity index (χ1) is 21.3. The number of nitrogens with one attached hydrogen (secondary N) is 1. The molecule has 2 fully saturated rings. The van der Waals surface area contributed by atoms with E-state index in [0.29, 0.717) is 50.3 Å². The van der Waals surface area contributed by atoms with Crippen LogP contribution in [0.2, 0.25) is 0 Å². The van der Waals surface area contributed by atoms with Gasteiger partial charge in [-0.25, -0.2) is 4.79 Å². The molecule has 46 heavy (non-hydrogen) atoms. The summed E-state index contributed by atoms with van der Waals surface area (Å²) < 4.78 is 128. The molecule has 2 atom stereocenters. The minimum atomic E-state index is -5.14. The van der Waals surface area contributed by atoms with E-state index in [1.54, 1.807) is 11.8 Å². The van der Waals surface area contributed by atoms with E-state index >= 15 is 0 Å². The lowest BCUT2D eigenvalue weighted by atomic mass is 9.97. The largest absolute Gasteiger partial charge is 0.439 e. The van der Waals surface area contributed by atoms with Crippen molar-refractivity contribution in [2.24, 2.45) is 16.1 Å². The summed E-state index contributed by atoms with van der Waals surface area (Å²) in [5.41, 5.74) is 8.33. The molecule has 18 heteroatoms. The molecule has 1 amide bonds.